The number of hydrogen-bond acceptors (Lipinski definition) is 5. The zero-order valence-corrected chi connectivity index (χ0v) is 15.1. The van der Waals surface area contributed by atoms with E-state index < -0.39 is 5.82 Å². The summed E-state index contributed by atoms with van der Waals surface area (Å²) in [6.07, 6.45) is 0. The fourth-order valence-corrected chi connectivity index (χ4v) is 4.07. The summed E-state index contributed by atoms with van der Waals surface area (Å²) in [4.78, 5) is 32.5. The first-order chi connectivity index (χ1) is 12.6. The van der Waals surface area contributed by atoms with Gasteiger partial charge in [-0.2, -0.15) is 0 Å². The van der Waals surface area contributed by atoms with E-state index in [0.717, 1.165) is 22.9 Å². The molecule has 7 heteroatoms. The van der Waals surface area contributed by atoms with Crippen LogP contribution in [0, 0.1) is 5.82 Å². The Morgan fingerprint density at radius 3 is 2.27 bits per heavy atom. The van der Waals surface area contributed by atoms with E-state index >= 15 is 0 Å². The SMILES string of the molecule is CN1CCN(C2=C(c3cccs3)C(=O)N(c3ccc(F)cc3)C2=O)CC1. The van der Waals surface area contributed by atoms with Crippen molar-refractivity contribution < 1.29 is 14.0 Å². The number of imide groups is 1. The summed E-state index contributed by atoms with van der Waals surface area (Å²) in [5.74, 6) is -1.09. The van der Waals surface area contributed by atoms with Gasteiger partial charge in [-0.25, -0.2) is 9.29 Å². The van der Waals surface area contributed by atoms with Crippen LogP contribution < -0.4 is 4.90 Å². The molecule has 1 saturated heterocycles. The van der Waals surface area contributed by atoms with Crippen LogP contribution in [0.3, 0.4) is 0 Å². The van der Waals surface area contributed by atoms with Crippen LogP contribution in [0.1, 0.15) is 4.88 Å². The number of benzene rings is 1. The first-order valence-electron chi connectivity index (χ1n) is 8.42. The predicted molar refractivity (Wildman–Crippen MR) is 99.2 cm³/mol. The first-order valence-corrected chi connectivity index (χ1v) is 9.30. The number of nitrogens with zero attached hydrogens (tertiary/aromatic N) is 3. The lowest BCUT2D eigenvalue weighted by atomic mass is 10.1. The van der Waals surface area contributed by atoms with Gasteiger partial charge in [-0.05, 0) is 42.8 Å². The van der Waals surface area contributed by atoms with E-state index in [1.807, 2.05) is 29.5 Å². The number of amides is 2. The fraction of sp³-hybridized carbons (Fsp3) is 0.263. The molecule has 0 unspecified atom stereocenters. The maximum atomic E-state index is 13.3. The number of anilines is 1. The van der Waals surface area contributed by atoms with Crippen molar-refractivity contribution in [3.63, 3.8) is 0 Å². The van der Waals surface area contributed by atoms with E-state index in [4.69, 9.17) is 0 Å². The van der Waals surface area contributed by atoms with E-state index in [-0.39, 0.29) is 11.8 Å². The number of piperazine rings is 1. The van der Waals surface area contributed by atoms with Crippen LogP contribution in [0.4, 0.5) is 10.1 Å². The summed E-state index contributed by atoms with van der Waals surface area (Å²) in [5.41, 5.74) is 1.29. The van der Waals surface area contributed by atoms with Crippen LogP contribution in [0.25, 0.3) is 5.57 Å². The molecule has 0 saturated carbocycles. The van der Waals surface area contributed by atoms with E-state index in [9.17, 15) is 14.0 Å². The molecule has 4 rings (SSSR count). The molecule has 1 aromatic carbocycles. The highest BCUT2D eigenvalue weighted by atomic mass is 32.1. The van der Waals surface area contributed by atoms with Crippen molar-refractivity contribution in [2.24, 2.45) is 0 Å². The number of rotatable bonds is 3. The normalized spacial score (nSPS) is 19.0. The minimum atomic E-state index is -0.404. The molecule has 1 aromatic heterocycles. The fourth-order valence-electron chi connectivity index (χ4n) is 3.31. The Hall–Kier alpha value is -2.51. The molecular weight excluding hydrogens is 353 g/mol. The second kappa shape index (κ2) is 6.66. The minimum absolute atomic E-state index is 0.338. The third-order valence-corrected chi connectivity index (χ3v) is 5.62. The van der Waals surface area contributed by atoms with Crippen LogP contribution in [-0.4, -0.2) is 54.8 Å². The summed E-state index contributed by atoms with van der Waals surface area (Å²) in [6.45, 7) is 3.05. The quantitative estimate of drug-likeness (QED) is 0.778. The van der Waals surface area contributed by atoms with Gasteiger partial charge in [-0.3, -0.25) is 9.59 Å². The van der Waals surface area contributed by atoms with Crippen molar-refractivity contribution in [2.75, 3.05) is 38.1 Å². The third kappa shape index (κ3) is 2.83. The molecule has 0 bridgehead atoms. The maximum Gasteiger partial charge on any atom is 0.282 e. The number of halogens is 1. The number of carbonyl (C=O) groups excluding carboxylic acids is 2. The molecule has 0 atom stereocenters. The molecule has 3 heterocycles. The average molecular weight is 371 g/mol. The van der Waals surface area contributed by atoms with E-state index in [2.05, 4.69) is 4.90 Å². The summed E-state index contributed by atoms with van der Waals surface area (Å²) < 4.78 is 13.3. The first kappa shape index (κ1) is 16.9. The molecule has 2 aliphatic rings. The Balaban J connectivity index is 1.77. The molecule has 0 N–H and O–H groups in total. The van der Waals surface area contributed by atoms with Crippen LogP contribution in [-0.2, 0) is 9.59 Å². The Kier molecular flexibility index (Phi) is 4.34. The lowest BCUT2D eigenvalue weighted by Gasteiger charge is -2.34. The molecule has 0 spiro atoms. The molecule has 134 valence electrons. The molecule has 0 radical (unpaired) electrons. The van der Waals surface area contributed by atoms with Gasteiger partial charge < -0.3 is 9.80 Å². The van der Waals surface area contributed by atoms with Crippen LogP contribution in [0.5, 0.6) is 0 Å². The summed E-state index contributed by atoms with van der Waals surface area (Å²) in [7, 11) is 2.04. The van der Waals surface area contributed by atoms with Crippen molar-refractivity contribution in [2.45, 2.75) is 0 Å². The van der Waals surface area contributed by atoms with Gasteiger partial charge in [0.05, 0.1) is 11.3 Å². The molecule has 2 amide bonds. The second-order valence-corrected chi connectivity index (χ2v) is 7.36. The van der Waals surface area contributed by atoms with Crippen LogP contribution in [0.15, 0.2) is 47.5 Å². The molecule has 5 nitrogen and oxygen atoms in total. The van der Waals surface area contributed by atoms with Crippen molar-refractivity contribution in [3.05, 3.63) is 58.2 Å². The molecule has 26 heavy (non-hydrogen) atoms. The zero-order valence-electron chi connectivity index (χ0n) is 14.3. The van der Waals surface area contributed by atoms with Gasteiger partial charge in [-0.15, -0.1) is 11.3 Å². The molecule has 2 aliphatic heterocycles. The van der Waals surface area contributed by atoms with E-state index in [1.165, 1.54) is 35.6 Å². The smallest absolute Gasteiger partial charge is 0.282 e. The highest BCUT2D eigenvalue weighted by Crippen LogP contribution is 2.36. The molecule has 1 fully saturated rings. The number of carbonyl (C=O) groups is 2. The van der Waals surface area contributed by atoms with Crippen molar-refractivity contribution >= 4 is 34.4 Å². The van der Waals surface area contributed by atoms with Gasteiger partial charge in [0.1, 0.15) is 11.5 Å². The van der Waals surface area contributed by atoms with Crippen LogP contribution >= 0.6 is 11.3 Å². The van der Waals surface area contributed by atoms with E-state index in [1.54, 1.807) is 0 Å². The maximum absolute atomic E-state index is 13.3. The third-order valence-electron chi connectivity index (χ3n) is 4.73. The summed E-state index contributed by atoms with van der Waals surface area (Å²) >= 11 is 1.44. The summed E-state index contributed by atoms with van der Waals surface area (Å²) in [5, 5.41) is 1.89. The van der Waals surface area contributed by atoms with Crippen LogP contribution in [0.2, 0.25) is 0 Å². The zero-order chi connectivity index (χ0) is 18.3. The van der Waals surface area contributed by atoms with Gasteiger partial charge in [0.25, 0.3) is 11.8 Å². The second-order valence-electron chi connectivity index (χ2n) is 6.41. The standard InChI is InChI=1S/C19H18FN3O2S/c1-21-8-10-22(11-9-21)17-16(15-3-2-12-26-15)18(24)23(19(17)25)14-6-4-13(20)5-7-14/h2-7,12H,8-11H2,1H3. The molecule has 2 aromatic rings. The highest BCUT2D eigenvalue weighted by molar-refractivity contribution is 7.11. The largest absolute Gasteiger partial charge is 0.364 e. The van der Waals surface area contributed by atoms with Gasteiger partial charge in [0.15, 0.2) is 0 Å². The molecular formula is C19H18FN3O2S. The van der Waals surface area contributed by atoms with E-state index in [0.29, 0.717) is 30.0 Å². The Labute approximate surface area is 154 Å². The van der Waals surface area contributed by atoms with Gasteiger partial charge in [0, 0.05) is 31.1 Å². The van der Waals surface area contributed by atoms with Crippen molar-refractivity contribution in [1.82, 2.24) is 9.80 Å². The Morgan fingerprint density at radius 2 is 1.65 bits per heavy atom. The lowest BCUT2D eigenvalue weighted by Crippen LogP contribution is -2.46. The highest BCUT2D eigenvalue weighted by Gasteiger charge is 2.43. The topological polar surface area (TPSA) is 43.9 Å². The number of likely N-dealkylation sites (N-methyl/N-ethyl adjacent to an activating group) is 1. The van der Waals surface area contributed by atoms with Gasteiger partial charge in [-0.1, -0.05) is 6.07 Å². The Morgan fingerprint density at radius 1 is 0.962 bits per heavy atom. The monoisotopic (exact) mass is 371 g/mol. The summed E-state index contributed by atoms with van der Waals surface area (Å²) in [6, 6.07) is 9.17. The molecule has 0 aliphatic carbocycles. The van der Waals surface area contributed by atoms with Crippen molar-refractivity contribution in [1.29, 1.82) is 0 Å². The number of thiophene rings is 1. The van der Waals surface area contributed by atoms with Crippen molar-refractivity contribution in [3.8, 4) is 0 Å². The minimum Gasteiger partial charge on any atom is -0.364 e. The lowest BCUT2D eigenvalue weighted by molar-refractivity contribution is -0.120. The average Bonchev–Trinajstić information content (AvgIpc) is 3.23. The predicted octanol–water partition coefficient (Wildman–Crippen LogP) is 2.42. The number of hydrogen-bond donors (Lipinski definition) is 0. The van der Waals surface area contributed by atoms with Gasteiger partial charge in [0.2, 0.25) is 0 Å². The van der Waals surface area contributed by atoms with Gasteiger partial charge >= 0.3 is 0 Å². The Bertz CT molecular complexity index is 869.